The minimum absolute atomic E-state index is 0.326. The van der Waals surface area contributed by atoms with Crippen LogP contribution in [0, 0.1) is 0 Å². The van der Waals surface area contributed by atoms with Gasteiger partial charge in [0.15, 0.2) is 0 Å². The molecule has 1 aromatic carbocycles. The predicted molar refractivity (Wildman–Crippen MR) is 80.5 cm³/mol. The molecule has 19 heavy (non-hydrogen) atoms. The summed E-state index contributed by atoms with van der Waals surface area (Å²) in [5.74, 6) is 0. The van der Waals surface area contributed by atoms with Gasteiger partial charge in [0.25, 0.3) is 0 Å². The highest BCUT2D eigenvalue weighted by molar-refractivity contribution is 7.19. The van der Waals surface area contributed by atoms with Gasteiger partial charge in [-0.2, -0.15) is 5.10 Å². The van der Waals surface area contributed by atoms with Crippen molar-refractivity contribution in [1.82, 2.24) is 15.1 Å². The van der Waals surface area contributed by atoms with E-state index < -0.39 is 0 Å². The lowest BCUT2D eigenvalue weighted by molar-refractivity contribution is 0.586. The van der Waals surface area contributed by atoms with Crippen LogP contribution >= 0.6 is 11.3 Å². The van der Waals surface area contributed by atoms with Crippen LogP contribution in [0.2, 0.25) is 0 Å². The average molecular weight is 271 g/mol. The van der Waals surface area contributed by atoms with Crippen LogP contribution in [0.3, 0.4) is 0 Å². The monoisotopic (exact) mass is 271 g/mol. The van der Waals surface area contributed by atoms with Gasteiger partial charge in [-0.15, -0.1) is 11.3 Å². The van der Waals surface area contributed by atoms with Gasteiger partial charge in [0.1, 0.15) is 0 Å². The highest BCUT2D eigenvalue weighted by Crippen LogP contribution is 2.31. The van der Waals surface area contributed by atoms with Gasteiger partial charge in [-0.05, 0) is 30.6 Å². The summed E-state index contributed by atoms with van der Waals surface area (Å²) < 4.78 is 3.20. The van der Waals surface area contributed by atoms with Crippen molar-refractivity contribution in [2.24, 2.45) is 7.05 Å². The number of aromatic nitrogens is 2. The molecule has 0 bridgehead atoms. The van der Waals surface area contributed by atoms with Gasteiger partial charge >= 0.3 is 0 Å². The van der Waals surface area contributed by atoms with Gasteiger partial charge in [0.05, 0.1) is 5.69 Å². The molecule has 1 N–H and O–H groups in total. The van der Waals surface area contributed by atoms with Crippen LogP contribution in [-0.4, -0.2) is 16.8 Å². The molecule has 0 saturated heterocycles. The Morgan fingerprint density at radius 3 is 2.84 bits per heavy atom. The molecule has 0 aliphatic heterocycles. The summed E-state index contributed by atoms with van der Waals surface area (Å²) >= 11 is 1.86. The minimum Gasteiger partial charge on any atom is -0.312 e. The van der Waals surface area contributed by atoms with Crippen molar-refractivity contribution in [3.63, 3.8) is 0 Å². The average Bonchev–Trinajstić information content (AvgIpc) is 3.01. The number of thiophene rings is 1. The summed E-state index contributed by atoms with van der Waals surface area (Å²) in [7, 11) is 3.97. The summed E-state index contributed by atoms with van der Waals surface area (Å²) in [5.41, 5.74) is 1.12. The Balaban J connectivity index is 1.88. The van der Waals surface area contributed by atoms with Crippen LogP contribution in [0.15, 0.2) is 42.6 Å². The van der Waals surface area contributed by atoms with Gasteiger partial charge in [-0.3, -0.25) is 4.68 Å². The van der Waals surface area contributed by atoms with E-state index in [-0.39, 0.29) is 0 Å². The number of likely N-dealkylation sites (N-methyl/N-ethyl adjacent to an activating group) is 1. The zero-order valence-corrected chi connectivity index (χ0v) is 11.9. The fourth-order valence-electron chi connectivity index (χ4n) is 2.30. The first-order valence-electron chi connectivity index (χ1n) is 6.40. The lowest BCUT2D eigenvalue weighted by atomic mass is 10.1. The van der Waals surface area contributed by atoms with Crippen LogP contribution < -0.4 is 5.32 Å². The maximum Gasteiger partial charge on any atom is 0.0643 e. The molecule has 3 nitrogen and oxygen atoms in total. The van der Waals surface area contributed by atoms with E-state index in [1.165, 1.54) is 15.0 Å². The van der Waals surface area contributed by atoms with E-state index in [9.17, 15) is 0 Å². The van der Waals surface area contributed by atoms with E-state index in [0.29, 0.717) is 6.04 Å². The van der Waals surface area contributed by atoms with Crippen molar-refractivity contribution in [2.45, 2.75) is 12.5 Å². The first kappa shape index (κ1) is 12.4. The first-order valence-corrected chi connectivity index (χ1v) is 7.22. The molecular formula is C15H17N3S. The Morgan fingerprint density at radius 2 is 2.16 bits per heavy atom. The first-order chi connectivity index (χ1) is 9.26. The predicted octanol–water partition coefficient (Wildman–Crippen LogP) is 3.14. The Labute approximate surface area is 116 Å². The number of aryl methyl sites for hydroxylation is 1. The molecular weight excluding hydrogens is 254 g/mol. The maximum atomic E-state index is 4.46. The van der Waals surface area contributed by atoms with E-state index in [0.717, 1.165) is 12.1 Å². The van der Waals surface area contributed by atoms with Gasteiger partial charge in [0, 0.05) is 35.3 Å². The van der Waals surface area contributed by atoms with E-state index >= 15 is 0 Å². The Bertz CT molecular complexity index is 650. The molecule has 98 valence electrons. The molecule has 0 aliphatic carbocycles. The quantitative estimate of drug-likeness (QED) is 0.790. The third-order valence-electron chi connectivity index (χ3n) is 3.32. The van der Waals surface area contributed by atoms with Crippen LogP contribution in [0.1, 0.15) is 16.6 Å². The van der Waals surface area contributed by atoms with Crippen molar-refractivity contribution in [1.29, 1.82) is 0 Å². The van der Waals surface area contributed by atoms with Crippen molar-refractivity contribution < 1.29 is 0 Å². The van der Waals surface area contributed by atoms with Crippen molar-refractivity contribution in [3.05, 3.63) is 53.2 Å². The van der Waals surface area contributed by atoms with Crippen LogP contribution in [0.5, 0.6) is 0 Å². The molecule has 0 saturated carbocycles. The molecule has 4 heteroatoms. The minimum atomic E-state index is 0.326. The second-order valence-electron chi connectivity index (χ2n) is 4.71. The zero-order chi connectivity index (χ0) is 13.2. The molecule has 3 rings (SSSR count). The SMILES string of the molecule is CNC(Cc1ccn(C)n1)c1cc2ccccc2s1. The fraction of sp³-hybridized carbons (Fsp3) is 0.267. The van der Waals surface area contributed by atoms with E-state index in [1.807, 2.05) is 36.3 Å². The highest BCUT2D eigenvalue weighted by atomic mass is 32.1. The second kappa shape index (κ2) is 5.15. The Morgan fingerprint density at radius 1 is 1.32 bits per heavy atom. The van der Waals surface area contributed by atoms with Crippen LogP contribution in [-0.2, 0) is 13.5 Å². The van der Waals surface area contributed by atoms with E-state index in [1.54, 1.807) is 0 Å². The number of benzene rings is 1. The topological polar surface area (TPSA) is 29.9 Å². The smallest absolute Gasteiger partial charge is 0.0643 e. The van der Waals surface area contributed by atoms with Crippen LogP contribution in [0.4, 0.5) is 0 Å². The second-order valence-corrected chi connectivity index (χ2v) is 5.83. The lowest BCUT2D eigenvalue weighted by Gasteiger charge is -2.12. The standard InChI is InChI=1S/C15H17N3S/c1-16-13(10-12-7-8-18(2)17-12)15-9-11-5-3-4-6-14(11)19-15/h3-9,13,16H,10H2,1-2H3. The summed E-state index contributed by atoms with van der Waals surface area (Å²) in [6.07, 6.45) is 2.91. The van der Waals surface area contributed by atoms with Gasteiger partial charge < -0.3 is 5.32 Å². The number of nitrogens with one attached hydrogen (secondary N) is 1. The van der Waals surface area contributed by atoms with E-state index in [2.05, 4.69) is 46.8 Å². The zero-order valence-electron chi connectivity index (χ0n) is 11.1. The number of hydrogen-bond acceptors (Lipinski definition) is 3. The van der Waals surface area contributed by atoms with Crippen molar-refractivity contribution >= 4 is 21.4 Å². The fourth-order valence-corrected chi connectivity index (χ4v) is 3.47. The summed E-state index contributed by atoms with van der Waals surface area (Å²) in [6.45, 7) is 0. The Hall–Kier alpha value is -1.65. The molecule has 0 fully saturated rings. The maximum absolute atomic E-state index is 4.46. The molecule has 3 aromatic rings. The Kier molecular flexibility index (Phi) is 3.36. The molecule has 1 unspecified atom stereocenters. The molecule has 0 aliphatic rings. The molecule has 0 amide bonds. The normalized spacial score (nSPS) is 12.9. The number of rotatable bonds is 4. The van der Waals surface area contributed by atoms with Gasteiger partial charge in [0.2, 0.25) is 0 Å². The lowest BCUT2D eigenvalue weighted by Crippen LogP contribution is -2.18. The van der Waals surface area contributed by atoms with Crippen LogP contribution in [0.25, 0.3) is 10.1 Å². The highest BCUT2D eigenvalue weighted by Gasteiger charge is 2.14. The van der Waals surface area contributed by atoms with E-state index in [4.69, 9.17) is 0 Å². The molecule has 0 radical (unpaired) electrons. The number of hydrogen-bond donors (Lipinski definition) is 1. The van der Waals surface area contributed by atoms with Crippen molar-refractivity contribution in [2.75, 3.05) is 7.05 Å². The number of nitrogens with zero attached hydrogens (tertiary/aromatic N) is 2. The van der Waals surface area contributed by atoms with Gasteiger partial charge in [-0.25, -0.2) is 0 Å². The molecule has 0 spiro atoms. The molecule has 2 aromatic heterocycles. The third-order valence-corrected chi connectivity index (χ3v) is 4.55. The van der Waals surface area contributed by atoms with Crippen molar-refractivity contribution in [3.8, 4) is 0 Å². The third kappa shape index (κ3) is 2.55. The largest absolute Gasteiger partial charge is 0.312 e. The molecule has 1 atom stereocenters. The number of fused-ring (bicyclic) bond motifs is 1. The summed E-state index contributed by atoms with van der Waals surface area (Å²) in [6, 6.07) is 13.2. The summed E-state index contributed by atoms with van der Waals surface area (Å²) in [5, 5.41) is 9.18. The summed E-state index contributed by atoms with van der Waals surface area (Å²) in [4.78, 5) is 1.37. The van der Waals surface area contributed by atoms with Gasteiger partial charge in [-0.1, -0.05) is 18.2 Å². The molecule has 2 heterocycles.